The lowest BCUT2D eigenvalue weighted by molar-refractivity contribution is -0.143. The van der Waals surface area contributed by atoms with Crippen LogP contribution in [-0.4, -0.2) is 34.0 Å². The third-order valence-electron chi connectivity index (χ3n) is 3.16. The fourth-order valence-corrected chi connectivity index (χ4v) is 2.89. The molecule has 1 aromatic rings. The highest BCUT2D eigenvalue weighted by molar-refractivity contribution is 7.09. The number of piperidine rings is 1. The average molecular weight is 240 g/mol. The molecule has 2 atom stereocenters. The fraction of sp³-hybridized carbons (Fsp3) is 0.636. The van der Waals surface area contributed by atoms with Crippen molar-refractivity contribution in [3.05, 3.63) is 16.6 Å². The molecule has 0 spiro atoms. The summed E-state index contributed by atoms with van der Waals surface area (Å²) in [5.74, 6) is -0.882. The van der Waals surface area contributed by atoms with Crippen LogP contribution in [0.3, 0.4) is 0 Å². The number of carboxylic acid groups (broad SMARTS) is 1. The van der Waals surface area contributed by atoms with Crippen LogP contribution in [0.2, 0.25) is 0 Å². The van der Waals surface area contributed by atoms with Gasteiger partial charge in [-0.1, -0.05) is 0 Å². The molecule has 1 aromatic heterocycles. The van der Waals surface area contributed by atoms with Crippen LogP contribution >= 0.6 is 11.3 Å². The Bertz CT molecular complexity index is 353. The third-order valence-corrected chi connectivity index (χ3v) is 4.10. The number of hydrogen-bond donors (Lipinski definition) is 1. The van der Waals surface area contributed by atoms with E-state index in [1.54, 1.807) is 17.5 Å². The van der Waals surface area contributed by atoms with E-state index >= 15 is 0 Å². The summed E-state index contributed by atoms with van der Waals surface area (Å²) < 4.78 is 0. The number of rotatable bonds is 3. The minimum Gasteiger partial charge on any atom is -0.481 e. The number of carboxylic acids is 1. The van der Waals surface area contributed by atoms with Crippen LogP contribution in [0.5, 0.6) is 0 Å². The van der Waals surface area contributed by atoms with Crippen LogP contribution in [0, 0.1) is 5.92 Å². The molecule has 1 aliphatic heterocycles. The van der Waals surface area contributed by atoms with Gasteiger partial charge in [0.25, 0.3) is 0 Å². The van der Waals surface area contributed by atoms with Crippen molar-refractivity contribution < 1.29 is 9.90 Å². The van der Waals surface area contributed by atoms with Crippen molar-refractivity contribution in [3.8, 4) is 0 Å². The maximum atomic E-state index is 11.0. The third kappa shape index (κ3) is 2.41. The van der Waals surface area contributed by atoms with E-state index in [0.717, 1.165) is 24.4 Å². The van der Waals surface area contributed by atoms with Gasteiger partial charge in [0.2, 0.25) is 0 Å². The zero-order valence-electron chi connectivity index (χ0n) is 9.30. The highest BCUT2D eigenvalue weighted by Crippen LogP contribution is 2.27. The summed E-state index contributed by atoms with van der Waals surface area (Å²) in [6.07, 6.45) is 3.57. The molecule has 2 rings (SSSR count). The first-order valence-electron chi connectivity index (χ1n) is 5.54. The maximum absolute atomic E-state index is 11.0. The summed E-state index contributed by atoms with van der Waals surface area (Å²) in [4.78, 5) is 17.5. The molecular weight excluding hydrogens is 224 g/mol. The molecule has 2 heterocycles. The molecule has 5 heteroatoms. The first-order chi connectivity index (χ1) is 7.68. The number of likely N-dealkylation sites (tertiary alicyclic amines) is 1. The first-order valence-corrected chi connectivity index (χ1v) is 6.42. The highest BCUT2D eigenvalue weighted by atomic mass is 32.1. The van der Waals surface area contributed by atoms with Crippen molar-refractivity contribution in [1.82, 2.24) is 9.88 Å². The minimum absolute atomic E-state index is 0.212. The molecule has 0 radical (unpaired) electrons. The van der Waals surface area contributed by atoms with Gasteiger partial charge in [0.1, 0.15) is 5.01 Å². The number of nitrogens with zero attached hydrogens (tertiary/aromatic N) is 2. The van der Waals surface area contributed by atoms with Crippen LogP contribution in [-0.2, 0) is 4.79 Å². The summed E-state index contributed by atoms with van der Waals surface area (Å²) in [5, 5.41) is 12.1. The van der Waals surface area contributed by atoms with E-state index in [1.165, 1.54) is 0 Å². The van der Waals surface area contributed by atoms with Gasteiger partial charge in [0.05, 0.1) is 12.0 Å². The Hall–Kier alpha value is -0.940. The molecule has 1 aliphatic rings. The number of carbonyl (C=O) groups is 1. The molecule has 1 saturated heterocycles. The molecule has 1 fully saturated rings. The predicted octanol–water partition coefficient (Wildman–Crippen LogP) is 2.00. The monoisotopic (exact) mass is 240 g/mol. The van der Waals surface area contributed by atoms with Gasteiger partial charge in [-0.15, -0.1) is 11.3 Å². The molecule has 0 aromatic carbocycles. The maximum Gasteiger partial charge on any atom is 0.307 e. The van der Waals surface area contributed by atoms with Crippen molar-refractivity contribution >= 4 is 17.3 Å². The quantitative estimate of drug-likeness (QED) is 0.878. The van der Waals surface area contributed by atoms with Gasteiger partial charge < -0.3 is 5.11 Å². The first kappa shape index (κ1) is 11.5. The highest BCUT2D eigenvalue weighted by Gasteiger charge is 2.29. The van der Waals surface area contributed by atoms with Crippen molar-refractivity contribution in [2.45, 2.75) is 25.8 Å². The largest absolute Gasteiger partial charge is 0.481 e. The van der Waals surface area contributed by atoms with Crippen molar-refractivity contribution in [3.63, 3.8) is 0 Å². The lowest BCUT2D eigenvalue weighted by Gasteiger charge is -2.34. The van der Waals surface area contributed by atoms with Gasteiger partial charge in [0, 0.05) is 18.1 Å². The summed E-state index contributed by atoms with van der Waals surface area (Å²) in [6.45, 7) is 3.73. The average Bonchev–Trinajstić information content (AvgIpc) is 2.81. The molecule has 0 bridgehead atoms. The van der Waals surface area contributed by atoms with Crippen molar-refractivity contribution in [2.24, 2.45) is 5.92 Å². The Morgan fingerprint density at radius 1 is 1.75 bits per heavy atom. The van der Waals surface area contributed by atoms with Crippen LogP contribution in [0.4, 0.5) is 0 Å². The Labute approximate surface area is 98.9 Å². The second kappa shape index (κ2) is 4.93. The van der Waals surface area contributed by atoms with Crippen molar-refractivity contribution in [1.29, 1.82) is 0 Å². The van der Waals surface area contributed by atoms with Gasteiger partial charge in [-0.2, -0.15) is 0 Å². The Morgan fingerprint density at radius 3 is 3.19 bits per heavy atom. The lowest BCUT2D eigenvalue weighted by atomic mass is 9.97. The Kier molecular flexibility index (Phi) is 3.56. The molecule has 0 unspecified atom stereocenters. The van der Waals surface area contributed by atoms with Gasteiger partial charge >= 0.3 is 5.97 Å². The van der Waals surface area contributed by atoms with Crippen molar-refractivity contribution in [2.75, 3.05) is 13.1 Å². The molecule has 88 valence electrons. The van der Waals surface area contributed by atoms with Crippen LogP contribution < -0.4 is 0 Å². The Balaban J connectivity index is 2.01. The molecule has 0 amide bonds. The van der Waals surface area contributed by atoms with E-state index in [2.05, 4.69) is 16.8 Å². The minimum atomic E-state index is -0.670. The second-order valence-electron chi connectivity index (χ2n) is 4.22. The standard InChI is InChI=1S/C11H16N2O2S/c1-8(10-12-4-6-16-10)13-5-2-3-9(7-13)11(14)15/h4,6,8-9H,2-3,5,7H2,1H3,(H,14,15)/t8-,9+/m1/s1. The zero-order chi connectivity index (χ0) is 11.5. The van der Waals surface area contributed by atoms with Crippen LogP contribution in [0.15, 0.2) is 11.6 Å². The summed E-state index contributed by atoms with van der Waals surface area (Å²) in [5.41, 5.74) is 0. The smallest absolute Gasteiger partial charge is 0.307 e. The second-order valence-corrected chi connectivity index (χ2v) is 5.14. The lowest BCUT2D eigenvalue weighted by Crippen LogP contribution is -2.40. The van der Waals surface area contributed by atoms with E-state index < -0.39 is 5.97 Å². The number of aliphatic carboxylic acids is 1. The fourth-order valence-electron chi connectivity index (χ4n) is 2.16. The molecule has 4 nitrogen and oxygen atoms in total. The number of hydrogen-bond acceptors (Lipinski definition) is 4. The molecule has 0 aliphatic carbocycles. The van der Waals surface area contributed by atoms with E-state index in [-0.39, 0.29) is 12.0 Å². The normalized spacial score (nSPS) is 24.2. The van der Waals surface area contributed by atoms with Crippen LogP contribution in [0.25, 0.3) is 0 Å². The van der Waals surface area contributed by atoms with E-state index in [0.29, 0.717) is 6.54 Å². The molecule has 16 heavy (non-hydrogen) atoms. The topological polar surface area (TPSA) is 53.4 Å². The van der Waals surface area contributed by atoms with Gasteiger partial charge in [-0.3, -0.25) is 9.69 Å². The predicted molar refractivity (Wildman–Crippen MR) is 62.5 cm³/mol. The van der Waals surface area contributed by atoms with Gasteiger partial charge in [0.15, 0.2) is 0 Å². The van der Waals surface area contributed by atoms with E-state index in [4.69, 9.17) is 5.11 Å². The molecular formula is C11H16N2O2S. The molecule has 1 N–H and O–H groups in total. The number of thiazole rings is 1. The van der Waals surface area contributed by atoms with E-state index in [9.17, 15) is 4.79 Å². The van der Waals surface area contributed by atoms with Gasteiger partial charge in [-0.25, -0.2) is 4.98 Å². The summed E-state index contributed by atoms with van der Waals surface area (Å²) in [6, 6.07) is 0.238. The summed E-state index contributed by atoms with van der Waals surface area (Å²) >= 11 is 1.63. The zero-order valence-corrected chi connectivity index (χ0v) is 10.1. The Morgan fingerprint density at radius 2 is 2.56 bits per heavy atom. The number of aromatic nitrogens is 1. The molecule has 0 saturated carbocycles. The van der Waals surface area contributed by atoms with Gasteiger partial charge in [-0.05, 0) is 26.3 Å². The summed E-state index contributed by atoms with van der Waals surface area (Å²) in [7, 11) is 0. The SMILES string of the molecule is C[C@H](c1nccs1)N1CCC[C@H](C(=O)O)C1. The van der Waals surface area contributed by atoms with Crippen LogP contribution in [0.1, 0.15) is 30.8 Å². The van der Waals surface area contributed by atoms with E-state index in [1.807, 2.05) is 5.38 Å².